The van der Waals surface area contributed by atoms with Crippen molar-refractivity contribution >= 4 is 28.9 Å². The van der Waals surface area contributed by atoms with Gasteiger partial charge in [0.2, 0.25) is 0 Å². The second-order valence-corrected chi connectivity index (χ2v) is 4.57. The van der Waals surface area contributed by atoms with E-state index in [1.807, 2.05) is 13.0 Å². The summed E-state index contributed by atoms with van der Waals surface area (Å²) in [6.45, 7) is 1.92. The number of aromatic amines is 1. The molecule has 1 amide bonds. The van der Waals surface area contributed by atoms with Crippen LogP contribution in [0.2, 0.25) is 0 Å². The lowest BCUT2D eigenvalue weighted by Crippen LogP contribution is -2.03. The topological polar surface area (TPSA) is 88.0 Å². The molecule has 0 spiro atoms. The molecular formula is C14H11N3O3. The SMILES string of the molecule is Cc1cc[nH]c1C=C1C(=O)Nc2ccc([N+](=O)[O-])cc21. The summed E-state index contributed by atoms with van der Waals surface area (Å²) >= 11 is 0. The van der Waals surface area contributed by atoms with Crippen molar-refractivity contribution in [3.63, 3.8) is 0 Å². The Bertz CT molecular complexity index is 759. The van der Waals surface area contributed by atoms with Gasteiger partial charge in [-0.1, -0.05) is 0 Å². The number of hydrogen-bond donors (Lipinski definition) is 2. The second kappa shape index (κ2) is 4.34. The molecule has 6 heteroatoms. The van der Waals surface area contributed by atoms with Crippen LogP contribution in [-0.4, -0.2) is 15.8 Å². The van der Waals surface area contributed by atoms with Crippen LogP contribution in [0.3, 0.4) is 0 Å². The molecule has 1 aromatic heterocycles. The van der Waals surface area contributed by atoms with Gasteiger partial charge in [-0.15, -0.1) is 0 Å². The van der Waals surface area contributed by atoms with Gasteiger partial charge in [-0.25, -0.2) is 0 Å². The Morgan fingerprint density at radius 3 is 2.75 bits per heavy atom. The average molecular weight is 269 g/mol. The molecule has 3 rings (SSSR count). The number of fused-ring (bicyclic) bond motifs is 1. The fourth-order valence-corrected chi connectivity index (χ4v) is 2.19. The quantitative estimate of drug-likeness (QED) is 0.499. The molecule has 0 atom stereocenters. The highest BCUT2D eigenvalue weighted by atomic mass is 16.6. The molecule has 20 heavy (non-hydrogen) atoms. The summed E-state index contributed by atoms with van der Waals surface area (Å²) in [6, 6.07) is 6.24. The summed E-state index contributed by atoms with van der Waals surface area (Å²) < 4.78 is 0. The third kappa shape index (κ3) is 1.87. The summed E-state index contributed by atoms with van der Waals surface area (Å²) in [5, 5.41) is 13.5. The van der Waals surface area contributed by atoms with E-state index in [-0.39, 0.29) is 11.6 Å². The molecule has 2 aromatic rings. The molecule has 1 aromatic carbocycles. The summed E-state index contributed by atoms with van der Waals surface area (Å²) in [4.78, 5) is 25.4. The number of nitrogens with zero attached hydrogens (tertiary/aromatic N) is 1. The highest BCUT2D eigenvalue weighted by molar-refractivity contribution is 6.35. The Morgan fingerprint density at radius 2 is 2.10 bits per heavy atom. The largest absolute Gasteiger partial charge is 0.361 e. The molecule has 2 heterocycles. The Balaban J connectivity index is 2.13. The molecule has 0 bridgehead atoms. The van der Waals surface area contributed by atoms with Gasteiger partial charge < -0.3 is 10.3 Å². The Labute approximate surface area is 114 Å². The van der Waals surface area contributed by atoms with E-state index in [9.17, 15) is 14.9 Å². The molecule has 2 N–H and O–H groups in total. The van der Waals surface area contributed by atoms with Crippen LogP contribution in [0.15, 0.2) is 30.5 Å². The van der Waals surface area contributed by atoms with Crippen molar-refractivity contribution in [1.29, 1.82) is 0 Å². The first kappa shape index (κ1) is 12.2. The molecule has 6 nitrogen and oxygen atoms in total. The number of hydrogen-bond acceptors (Lipinski definition) is 3. The molecule has 0 radical (unpaired) electrons. The second-order valence-electron chi connectivity index (χ2n) is 4.57. The third-order valence-corrected chi connectivity index (χ3v) is 3.28. The lowest BCUT2D eigenvalue weighted by atomic mass is 10.0. The highest BCUT2D eigenvalue weighted by Crippen LogP contribution is 2.35. The van der Waals surface area contributed by atoms with Gasteiger partial charge in [-0.05, 0) is 30.7 Å². The summed E-state index contributed by atoms with van der Waals surface area (Å²) in [5.41, 5.74) is 3.36. The van der Waals surface area contributed by atoms with E-state index in [4.69, 9.17) is 0 Å². The first-order valence-corrected chi connectivity index (χ1v) is 6.02. The fourth-order valence-electron chi connectivity index (χ4n) is 2.19. The Hall–Kier alpha value is -2.89. The summed E-state index contributed by atoms with van der Waals surface area (Å²) in [7, 11) is 0. The number of aromatic nitrogens is 1. The zero-order valence-electron chi connectivity index (χ0n) is 10.6. The molecular weight excluding hydrogens is 258 g/mol. The van der Waals surface area contributed by atoms with Crippen molar-refractivity contribution in [1.82, 2.24) is 4.98 Å². The van der Waals surface area contributed by atoms with Gasteiger partial charge in [0.25, 0.3) is 11.6 Å². The lowest BCUT2D eigenvalue weighted by molar-refractivity contribution is -0.384. The fraction of sp³-hybridized carbons (Fsp3) is 0.0714. The van der Waals surface area contributed by atoms with Crippen molar-refractivity contribution in [3.05, 3.63) is 57.4 Å². The van der Waals surface area contributed by atoms with E-state index >= 15 is 0 Å². The number of H-pyrrole nitrogens is 1. The zero-order valence-corrected chi connectivity index (χ0v) is 10.6. The third-order valence-electron chi connectivity index (χ3n) is 3.28. The maximum atomic E-state index is 12.0. The number of benzene rings is 1. The Kier molecular flexibility index (Phi) is 2.64. The maximum Gasteiger partial charge on any atom is 0.270 e. The molecule has 100 valence electrons. The maximum absolute atomic E-state index is 12.0. The van der Waals surface area contributed by atoms with Crippen LogP contribution in [0.25, 0.3) is 11.6 Å². The van der Waals surface area contributed by atoms with Crippen LogP contribution < -0.4 is 5.32 Å². The number of anilines is 1. The van der Waals surface area contributed by atoms with Crippen molar-refractivity contribution in [2.45, 2.75) is 6.92 Å². The van der Waals surface area contributed by atoms with Gasteiger partial charge in [0.15, 0.2) is 0 Å². The highest BCUT2D eigenvalue weighted by Gasteiger charge is 2.26. The van der Waals surface area contributed by atoms with E-state index in [2.05, 4.69) is 10.3 Å². The summed E-state index contributed by atoms with van der Waals surface area (Å²) in [6.07, 6.45) is 3.49. The van der Waals surface area contributed by atoms with Crippen LogP contribution in [-0.2, 0) is 4.79 Å². The number of carbonyl (C=O) groups is 1. The standard InChI is InChI=1S/C14H11N3O3/c1-8-4-5-15-13(8)7-11-10-6-9(17(19)20)2-3-12(10)16-14(11)18/h2-7,15H,1H3,(H,16,18). The van der Waals surface area contributed by atoms with Crippen molar-refractivity contribution in [2.24, 2.45) is 0 Å². The molecule has 1 aliphatic heterocycles. The van der Waals surface area contributed by atoms with E-state index in [0.29, 0.717) is 16.8 Å². The van der Waals surface area contributed by atoms with Crippen molar-refractivity contribution < 1.29 is 9.72 Å². The number of nitro groups is 1. The lowest BCUT2D eigenvalue weighted by Gasteiger charge is -1.99. The Morgan fingerprint density at radius 1 is 1.30 bits per heavy atom. The minimum atomic E-state index is -0.472. The molecule has 0 saturated heterocycles. The number of non-ortho nitro benzene ring substituents is 1. The molecule has 0 aliphatic carbocycles. The number of nitro benzene ring substituents is 1. The van der Waals surface area contributed by atoms with E-state index in [0.717, 1.165) is 11.3 Å². The van der Waals surface area contributed by atoms with Crippen LogP contribution in [0.5, 0.6) is 0 Å². The van der Waals surface area contributed by atoms with Gasteiger partial charge in [0, 0.05) is 35.3 Å². The van der Waals surface area contributed by atoms with E-state index < -0.39 is 4.92 Å². The molecule has 0 saturated carbocycles. The monoisotopic (exact) mass is 269 g/mol. The van der Waals surface area contributed by atoms with Crippen LogP contribution in [0.4, 0.5) is 11.4 Å². The molecule has 0 fully saturated rings. The predicted octanol–water partition coefficient (Wildman–Crippen LogP) is 2.72. The number of carbonyl (C=O) groups excluding carboxylic acids is 1. The van der Waals surface area contributed by atoms with Crippen LogP contribution in [0, 0.1) is 17.0 Å². The van der Waals surface area contributed by atoms with E-state index in [1.165, 1.54) is 12.1 Å². The minimum absolute atomic E-state index is 0.0330. The normalized spacial score (nSPS) is 15.2. The summed E-state index contributed by atoms with van der Waals surface area (Å²) in [5.74, 6) is -0.255. The number of amides is 1. The number of aryl methyl sites for hydroxylation is 1. The number of nitrogens with one attached hydrogen (secondary N) is 2. The smallest absolute Gasteiger partial charge is 0.270 e. The average Bonchev–Trinajstić information content (AvgIpc) is 2.94. The van der Waals surface area contributed by atoms with Crippen molar-refractivity contribution in [2.75, 3.05) is 5.32 Å². The van der Waals surface area contributed by atoms with Crippen LogP contribution in [0.1, 0.15) is 16.8 Å². The van der Waals surface area contributed by atoms with Gasteiger partial charge in [0.05, 0.1) is 10.5 Å². The van der Waals surface area contributed by atoms with Gasteiger partial charge in [0.1, 0.15) is 0 Å². The van der Waals surface area contributed by atoms with Gasteiger partial charge >= 0.3 is 0 Å². The zero-order chi connectivity index (χ0) is 14.3. The van der Waals surface area contributed by atoms with Crippen LogP contribution >= 0.6 is 0 Å². The molecule has 1 aliphatic rings. The predicted molar refractivity (Wildman–Crippen MR) is 75.1 cm³/mol. The van der Waals surface area contributed by atoms with Gasteiger partial charge in [-0.2, -0.15) is 0 Å². The first-order valence-electron chi connectivity index (χ1n) is 6.02. The van der Waals surface area contributed by atoms with Crippen molar-refractivity contribution in [3.8, 4) is 0 Å². The first-order chi connectivity index (χ1) is 9.56. The number of rotatable bonds is 2. The van der Waals surface area contributed by atoms with E-state index in [1.54, 1.807) is 18.3 Å². The molecule has 0 unspecified atom stereocenters. The minimum Gasteiger partial charge on any atom is -0.361 e. The van der Waals surface area contributed by atoms with Gasteiger partial charge in [-0.3, -0.25) is 14.9 Å².